The van der Waals surface area contributed by atoms with Gasteiger partial charge in [-0.1, -0.05) is 88.6 Å². The molecule has 0 amide bonds. The summed E-state index contributed by atoms with van der Waals surface area (Å²) in [6, 6.07) is 20.1. The largest absolute Gasteiger partial charge is 0.505 e. The Morgan fingerprint density at radius 3 is 2.30 bits per heavy atom. The van der Waals surface area contributed by atoms with Gasteiger partial charge >= 0.3 is 0 Å². The molecule has 1 aromatic heterocycles. The van der Waals surface area contributed by atoms with E-state index in [9.17, 15) is 9.90 Å². The Balaban J connectivity index is 1.73. The van der Waals surface area contributed by atoms with E-state index in [1.807, 2.05) is 60.7 Å². The number of allylic oxidation sites excluding steroid dienone is 1. The third-order valence-electron chi connectivity index (χ3n) is 5.26. The van der Waals surface area contributed by atoms with E-state index in [-0.39, 0.29) is 27.4 Å². The molecular formula is C25H15Cl3N2O2S. The molecule has 2 heterocycles. The Labute approximate surface area is 208 Å². The molecule has 4 nitrogen and oxygen atoms in total. The van der Waals surface area contributed by atoms with Gasteiger partial charge in [0.1, 0.15) is 0 Å². The number of halogens is 3. The van der Waals surface area contributed by atoms with Crippen LogP contribution >= 0.6 is 46.1 Å². The molecule has 1 aliphatic heterocycles. The zero-order valence-corrected chi connectivity index (χ0v) is 20.0. The van der Waals surface area contributed by atoms with Crippen molar-refractivity contribution in [2.24, 2.45) is 4.99 Å². The van der Waals surface area contributed by atoms with E-state index in [1.54, 1.807) is 22.8 Å². The maximum atomic E-state index is 13.5. The van der Waals surface area contributed by atoms with E-state index >= 15 is 0 Å². The first-order valence-electron chi connectivity index (χ1n) is 9.93. The molecule has 164 valence electrons. The summed E-state index contributed by atoms with van der Waals surface area (Å²) in [5, 5.41) is 10.7. The first-order chi connectivity index (χ1) is 15.9. The molecule has 1 atom stereocenters. The van der Waals surface area contributed by atoms with E-state index in [0.29, 0.717) is 19.9 Å². The number of fused-ring (bicyclic) bond motifs is 1. The first-order valence-corrected chi connectivity index (χ1v) is 11.9. The molecule has 0 radical (unpaired) electrons. The maximum Gasteiger partial charge on any atom is 0.271 e. The number of hydrogen-bond donors (Lipinski definition) is 1. The van der Waals surface area contributed by atoms with Crippen LogP contribution in [0.5, 0.6) is 5.75 Å². The second-order valence-electron chi connectivity index (χ2n) is 7.43. The summed E-state index contributed by atoms with van der Waals surface area (Å²) in [4.78, 5) is 18.8. The lowest BCUT2D eigenvalue weighted by atomic mass is 10.0. The molecule has 1 aliphatic rings. The van der Waals surface area contributed by atoms with Gasteiger partial charge in [0, 0.05) is 5.02 Å². The van der Waals surface area contributed by atoms with Crippen LogP contribution in [0.25, 0.3) is 11.8 Å². The molecule has 0 fully saturated rings. The minimum absolute atomic E-state index is 0.118. The van der Waals surface area contributed by atoms with Crippen molar-refractivity contribution >= 4 is 57.9 Å². The van der Waals surface area contributed by atoms with Crippen LogP contribution in [0.15, 0.2) is 82.6 Å². The predicted octanol–water partition coefficient (Wildman–Crippen LogP) is 5.67. The molecule has 1 N–H and O–H groups in total. The number of thiazole rings is 1. The second-order valence-corrected chi connectivity index (χ2v) is 9.69. The van der Waals surface area contributed by atoms with Crippen LogP contribution in [-0.2, 0) is 0 Å². The van der Waals surface area contributed by atoms with Gasteiger partial charge in [-0.3, -0.25) is 9.36 Å². The van der Waals surface area contributed by atoms with Crippen molar-refractivity contribution in [1.82, 2.24) is 4.57 Å². The SMILES string of the molecule is O=c1c(=Cc2cc(Cl)c(O)c(Cl)c2)sc2n1C(c1ccc(Cl)cc1)C=C(c1ccccc1)N=2. The van der Waals surface area contributed by atoms with Gasteiger partial charge in [-0.05, 0) is 53.1 Å². The van der Waals surface area contributed by atoms with E-state index in [2.05, 4.69) is 0 Å². The molecule has 0 aliphatic carbocycles. The lowest BCUT2D eigenvalue weighted by Gasteiger charge is -2.19. The van der Waals surface area contributed by atoms with Gasteiger partial charge in [-0.15, -0.1) is 0 Å². The molecule has 1 unspecified atom stereocenters. The summed E-state index contributed by atoms with van der Waals surface area (Å²) in [7, 11) is 0. The number of phenols is 1. The van der Waals surface area contributed by atoms with E-state index < -0.39 is 0 Å². The molecule has 4 aromatic rings. The van der Waals surface area contributed by atoms with Crippen molar-refractivity contribution in [1.29, 1.82) is 0 Å². The number of benzene rings is 3. The zero-order valence-electron chi connectivity index (χ0n) is 16.9. The van der Waals surface area contributed by atoms with Crippen LogP contribution in [0.4, 0.5) is 0 Å². The molecule has 8 heteroatoms. The van der Waals surface area contributed by atoms with Gasteiger partial charge in [-0.2, -0.15) is 0 Å². The molecule has 0 saturated carbocycles. The summed E-state index contributed by atoms with van der Waals surface area (Å²) in [5.41, 5.74) is 3.11. The third-order valence-corrected chi connectivity index (χ3v) is 7.08. The van der Waals surface area contributed by atoms with Crippen LogP contribution in [0, 0.1) is 0 Å². The van der Waals surface area contributed by atoms with Crippen molar-refractivity contribution in [2.45, 2.75) is 6.04 Å². The first kappa shape index (κ1) is 22.0. The van der Waals surface area contributed by atoms with Crippen LogP contribution in [-0.4, -0.2) is 9.67 Å². The topological polar surface area (TPSA) is 54.6 Å². The molecule has 33 heavy (non-hydrogen) atoms. The minimum Gasteiger partial charge on any atom is -0.505 e. The zero-order chi connectivity index (χ0) is 23.1. The Bertz CT molecular complexity index is 1550. The second kappa shape index (κ2) is 8.84. The summed E-state index contributed by atoms with van der Waals surface area (Å²) in [6.45, 7) is 0. The van der Waals surface area contributed by atoms with Gasteiger partial charge in [0.2, 0.25) is 0 Å². The summed E-state index contributed by atoms with van der Waals surface area (Å²) in [5.74, 6) is -0.188. The van der Waals surface area contributed by atoms with Gasteiger partial charge in [0.15, 0.2) is 10.6 Å². The van der Waals surface area contributed by atoms with Crippen molar-refractivity contribution < 1.29 is 5.11 Å². The Kier molecular flexibility index (Phi) is 5.89. The Morgan fingerprint density at radius 1 is 0.970 bits per heavy atom. The van der Waals surface area contributed by atoms with Crippen LogP contribution in [0.3, 0.4) is 0 Å². The van der Waals surface area contributed by atoms with Crippen molar-refractivity contribution in [3.8, 4) is 5.75 Å². The fourth-order valence-electron chi connectivity index (χ4n) is 3.67. The molecule has 5 rings (SSSR count). The maximum absolute atomic E-state index is 13.5. The van der Waals surface area contributed by atoms with Gasteiger partial charge < -0.3 is 5.11 Å². The molecule has 3 aromatic carbocycles. The lowest BCUT2D eigenvalue weighted by molar-refractivity contribution is 0.476. The van der Waals surface area contributed by atoms with Crippen LogP contribution in [0.1, 0.15) is 22.7 Å². The highest BCUT2D eigenvalue weighted by Crippen LogP contribution is 2.33. The summed E-state index contributed by atoms with van der Waals surface area (Å²) >= 11 is 19.5. The Hall–Kier alpha value is -2.83. The monoisotopic (exact) mass is 512 g/mol. The number of aromatic hydroxyl groups is 1. The van der Waals surface area contributed by atoms with Crippen LogP contribution in [0.2, 0.25) is 15.1 Å². The number of rotatable bonds is 3. The lowest BCUT2D eigenvalue weighted by Crippen LogP contribution is -2.36. The fourth-order valence-corrected chi connectivity index (χ4v) is 5.32. The molecule has 0 saturated heterocycles. The third kappa shape index (κ3) is 4.25. The molecule has 0 bridgehead atoms. The quantitative estimate of drug-likeness (QED) is 0.384. The van der Waals surface area contributed by atoms with Crippen molar-refractivity contribution in [2.75, 3.05) is 0 Å². The van der Waals surface area contributed by atoms with E-state index in [0.717, 1.165) is 16.8 Å². The summed E-state index contributed by atoms with van der Waals surface area (Å²) in [6.07, 6.45) is 3.68. The standard InChI is InChI=1S/C25H15Cl3N2O2S/c26-17-8-6-16(7-9-17)21-13-20(15-4-2-1-3-5-15)29-25-30(21)24(32)22(33-25)12-14-10-18(27)23(31)19(28)11-14/h1-13,21,31H. The van der Waals surface area contributed by atoms with E-state index in [4.69, 9.17) is 39.8 Å². The highest BCUT2D eigenvalue weighted by molar-refractivity contribution is 7.07. The highest BCUT2D eigenvalue weighted by atomic mass is 35.5. The van der Waals surface area contributed by atoms with Crippen molar-refractivity contribution in [3.63, 3.8) is 0 Å². The number of phenolic OH excluding ortho intramolecular Hbond substituents is 1. The number of aromatic nitrogens is 1. The average molecular weight is 514 g/mol. The highest BCUT2D eigenvalue weighted by Gasteiger charge is 2.22. The Morgan fingerprint density at radius 2 is 1.64 bits per heavy atom. The molecule has 0 spiro atoms. The van der Waals surface area contributed by atoms with Crippen LogP contribution < -0.4 is 14.9 Å². The van der Waals surface area contributed by atoms with Gasteiger partial charge in [0.05, 0.1) is 26.3 Å². The smallest absolute Gasteiger partial charge is 0.271 e. The normalized spacial score (nSPS) is 15.7. The predicted molar refractivity (Wildman–Crippen MR) is 135 cm³/mol. The van der Waals surface area contributed by atoms with Crippen molar-refractivity contribution in [3.05, 3.63) is 124 Å². The van der Waals surface area contributed by atoms with Gasteiger partial charge in [-0.25, -0.2) is 4.99 Å². The minimum atomic E-state index is -0.345. The fraction of sp³-hybridized carbons (Fsp3) is 0.0400. The average Bonchev–Trinajstić information content (AvgIpc) is 3.13. The summed E-state index contributed by atoms with van der Waals surface area (Å²) < 4.78 is 2.16. The number of nitrogens with zero attached hydrogens (tertiary/aromatic N) is 2. The van der Waals surface area contributed by atoms with E-state index in [1.165, 1.54) is 11.3 Å². The molecular weight excluding hydrogens is 499 g/mol. The van der Waals surface area contributed by atoms with Gasteiger partial charge in [0.25, 0.3) is 5.56 Å². The number of hydrogen-bond acceptors (Lipinski definition) is 4.